The van der Waals surface area contributed by atoms with E-state index in [-0.39, 0.29) is 18.2 Å². The monoisotopic (exact) mass is 302 g/mol. The Balaban J connectivity index is 2.58. The third kappa shape index (κ3) is 6.16. The van der Waals surface area contributed by atoms with Crippen LogP contribution < -0.4 is 11.1 Å². The molecule has 0 saturated heterocycles. The second-order valence-corrected chi connectivity index (χ2v) is 5.56. The molecule has 3 nitrogen and oxygen atoms in total. The van der Waals surface area contributed by atoms with Gasteiger partial charge < -0.3 is 11.1 Å². The fourth-order valence-electron chi connectivity index (χ4n) is 2.15. The topological polar surface area (TPSA) is 55.1 Å². The minimum absolute atomic E-state index is 0.0828. The average Bonchev–Trinajstić information content (AvgIpc) is 2.36. The highest BCUT2D eigenvalue weighted by atomic mass is 19.4. The van der Waals surface area contributed by atoms with E-state index in [1.54, 1.807) is 0 Å². The molecule has 0 aliphatic carbocycles. The molecule has 1 atom stereocenters. The van der Waals surface area contributed by atoms with Gasteiger partial charge in [-0.2, -0.15) is 13.2 Å². The summed E-state index contributed by atoms with van der Waals surface area (Å²) in [6.07, 6.45) is -3.25. The molecular weight excluding hydrogens is 281 g/mol. The van der Waals surface area contributed by atoms with Crippen LogP contribution in [-0.2, 0) is 11.0 Å². The number of amides is 1. The number of hydrogen-bond donors (Lipinski definition) is 2. The van der Waals surface area contributed by atoms with E-state index in [9.17, 15) is 18.0 Å². The van der Waals surface area contributed by atoms with Gasteiger partial charge in [0, 0.05) is 12.1 Å². The van der Waals surface area contributed by atoms with Crippen LogP contribution in [0.3, 0.4) is 0 Å². The molecule has 1 aromatic rings. The number of carbonyl (C=O) groups is 1. The van der Waals surface area contributed by atoms with Crippen LogP contribution in [0.15, 0.2) is 24.3 Å². The lowest BCUT2D eigenvalue weighted by atomic mass is 9.94. The van der Waals surface area contributed by atoms with Gasteiger partial charge in [0.2, 0.25) is 5.91 Å². The summed E-state index contributed by atoms with van der Waals surface area (Å²) in [7, 11) is 0. The Hall–Kier alpha value is -1.56. The number of rotatable bonds is 6. The zero-order valence-corrected chi connectivity index (χ0v) is 12.2. The van der Waals surface area contributed by atoms with Gasteiger partial charge in [-0.25, -0.2) is 0 Å². The number of alkyl halides is 3. The summed E-state index contributed by atoms with van der Waals surface area (Å²) in [5.74, 6) is 0.294. The Morgan fingerprint density at radius 2 is 1.81 bits per heavy atom. The van der Waals surface area contributed by atoms with Gasteiger partial charge in [-0.3, -0.25) is 4.79 Å². The maximum Gasteiger partial charge on any atom is 0.416 e. The van der Waals surface area contributed by atoms with Gasteiger partial charge in [0.05, 0.1) is 5.56 Å². The Labute approximate surface area is 122 Å². The first-order valence-corrected chi connectivity index (χ1v) is 6.89. The van der Waals surface area contributed by atoms with Gasteiger partial charge >= 0.3 is 6.18 Å². The van der Waals surface area contributed by atoms with Crippen molar-refractivity contribution in [1.29, 1.82) is 0 Å². The first-order valence-electron chi connectivity index (χ1n) is 6.89. The van der Waals surface area contributed by atoms with E-state index < -0.39 is 11.7 Å². The number of hydrogen-bond acceptors (Lipinski definition) is 2. The van der Waals surface area contributed by atoms with Gasteiger partial charge in [0.25, 0.3) is 0 Å². The lowest BCUT2D eigenvalue weighted by molar-refractivity contribution is -0.137. The molecule has 1 aromatic carbocycles. The fraction of sp³-hybridized carbons (Fsp3) is 0.533. The highest BCUT2D eigenvalue weighted by molar-refractivity contribution is 5.90. The van der Waals surface area contributed by atoms with Crippen LogP contribution in [0.5, 0.6) is 0 Å². The summed E-state index contributed by atoms with van der Waals surface area (Å²) < 4.78 is 37.3. The van der Waals surface area contributed by atoms with Gasteiger partial charge in [0.1, 0.15) is 0 Å². The van der Waals surface area contributed by atoms with Crippen molar-refractivity contribution in [2.24, 2.45) is 17.6 Å². The Morgan fingerprint density at radius 3 is 2.24 bits per heavy atom. The lowest BCUT2D eigenvalue weighted by Crippen LogP contribution is -2.23. The summed E-state index contributed by atoms with van der Waals surface area (Å²) in [6.45, 7) is 4.52. The van der Waals surface area contributed by atoms with Crippen molar-refractivity contribution < 1.29 is 18.0 Å². The normalized spacial score (nSPS) is 13.3. The molecule has 118 valence electrons. The molecule has 0 radical (unpaired) electrons. The summed E-state index contributed by atoms with van der Waals surface area (Å²) >= 11 is 0. The molecule has 0 heterocycles. The van der Waals surface area contributed by atoms with Crippen molar-refractivity contribution >= 4 is 11.6 Å². The predicted octanol–water partition coefficient (Wildman–Crippen LogP) is 3.66. The molecule has 0 unspecified atom stereocenters. The van der Waals surface area contributed by atoms with Crippen molar-refractivity contribution in [2.75, 3.05) is 11.9 Å². The van der Waals surface area contributed by atoms with Crippen LogP contribution in [0, 0.1) is 11.8 Å². The van der Waals surface area contributed by atoms with Crippen LogP contribution in [0.1, 0.15) is 32.3 Å². The maximum absolute atomic E-state index is 12.4. The molecule has 3 N–H and O–H groups in total. The quantitative estimate of drug-likeness (QED) is 0.842. The van der Waals surface area contributed by atoms with Gasteiger partial charge in [-0.1, -0.05) is 13.8 Å². The maximum atomic E-state index is 12.4. The van der Waals surface area contributed by atoms with E-state index >= 15 is 0 Å². The van der Waals surface area contributed by atoms with Crippen LogP contribution in [0.2, 0.25) is 0 Å². The van der Waals surface area contributed by atoms with Crippen LogP contribution >= 0.6 is 0 Å². The molecule has 0 aliphatic rings. The van der Waals surface area contributed by atoms with E-state index in [0.717, 1.165) is 18.6 Å². The van der Waals surface area contributed by atoms with Gasteiger partial charge in [-0.15, -0.1) is 0 Å². The highest BCUT2D eigenvalue weighted by Crippen LogP contribution is 2.29. The van der Waals surface area contributed by atoms with E-state index in [4.69, 9.17) is 5.73 Å². The van der Waals surface area contributed by atoms with Crippen molar-refractivity contribution in [3.05, 3.63) is 29.8 Å². The predicted molar refractivity (Wildman–Crippen MR) is 76.7 cm³/mol. The first kappa shape index (κ1) is 17.5. The summed E-state index contributed by atoms with van der Waals surface area (Å²) in [5.41, 5.74) is 5.24. The number of benzene rings is 1. The summed E-state index contributed by atoms with van der Waals surface area (Å²) in [5, 5.41) is 2.60. The number of anilines is 1. The summed E-state index contributed by atoms with van der Waals surface area (Å²) in [6, 6.07) is 4.40. The van der Waals surface area contributed by atoms with E-state index in [1.165, 1.54) is 12.1 Å². The lowest BCUT2D eigenvalue weighted by Gasteiger charge is -2.16. The standard InChI is InChI=1S/C15H21F3N2O/c1-10(2)7-11(9-19)8-14(21)20-13-5-3-12(4-6-13)15(16,17)18/h3-6,10-11H,7-9,19H2,1-2H3,(H,20,21)/t11-/m0/s1. The average molecular weight is 302 g/mol. The zero-order chi connectivity index (χ0) is 16.0. The SMILES string of the molecule is CC(C)C[C@H](CN)CC(=O)Nc1ccc(C(F)(F)F)cc1. The molecule has 0 saturated carbocycles. The van der Waals surface area contributed by atoms with Crippen molar-refractivity contribution in [3.8, 4) is 0 Å². The third-order valence-electron chi connectivity index (χ3n) is 3.11. The van der Waals surface area contributed by atoms with Crippen molar-refractivity contribution in [3.63, 3.8) is 0 Å². The van der Waals surface area contributed by atoms with Crippen molar-refractivity contribution in [1.82, 2.24) is 0 Å². The number of nitrogens with one attached hydrogen (secondary N) is 1. The van der Waals surface area contributed by atoms with Crippen LogP contribution in [-0.4, -0.2) is 12.5 Å². The van der Waals surface area contributed by atoms with E-state index in [2.05, 4.69) is 19.2 Å². The largest absolute Gasteiger partial charge is 0.416 e. The van der Waals surface area contributed by atoms with Gasteiger partial charge in [0.15, 0.2) is 0 Å². The smallest absolute Gasteiger partial charge is 0.330 e. The van der Waals surface area contributed by atoms with E-state index in [0.29, 0.717) is 18.2 Å². The zero-order valence-electron chi connectivity index (χ0n) is 12.2. The molecule has 0 aromatic heterocycles. The Kier molecular flexibility index (Phi) is 6.20. The van der Waals surface area contributed by atoms with E-state index in [1.807, 2.05) is 0 Å². The Morgan fingerprint density at radius 1 is 1.24 bits per heavy atom. The minimum atomic E-state index is -4.37. The van der Waals surface area contributed by atoms with Gasteiger partial charge in [-0.05, 0) is 49.1 Å². The number of nitrogens with two attached hydrogens (primary N) is 1. The molecule has 0 fully saturated rings. The van der Waals surface area contributed by atoms with Crippen molar-refractivity contribution in [2.45, 2.75) is 32.9 Å². The molecule has 0 bridgehead atoms. The second-order valence-electron chi connectivity index (χ2n) is 5.56. The number of halogens is 3. The first-order chi connectivity index (χ1) is 9.72. The minimum Gasteiger partial charge on any atom is -0.330 e. The van der Waals surface area contributed by atoms with Crippen LogP contribution in [0.4, 0.5) is 18.9 Å². The molecular formula is C15H21F3N2O. The molecule has 1 rings (SSSR count). The Bertz CT molecular complexity index is 455. The highest BCUT2D eigenvalue weighted by Gasteiger charge is 2.30. The molecule has 0 spiro atoms. The fourth-order valence-corrected chi connectivity index (χ4v) is 2.15. The molecule has 6 heteroatoms. The molecule has 1 amide bonds. The number of carbonyl (C=O) groups excluding carboxylic acids is 1. The molecule has 21 heavy (non-hydrogen) atoms. The summed E-state index contributed by atoms with van der Waals surface area (Å²) in [4.78, 5) is 11.9. The third-order valence-corrected chi connectivity index (χ3v) is 3.11. The van der Waals surface area contributed by atoms with Crippen LogP contribution in [0.25, 0.3) is 0 Å². The molecule has 0 aliphatic heterocycles. The second kappa shape index (κ2) is 7.45.